The third-order valence-electron chi connectivity index (χ3n) is 5.78. The number of hydrogen-bond donors (Lipinski definition) is 0. The second kappa shape index (κ2) is 7.85. The third kappa shape index (κ3) is 3.61. The number of carbonyl (C=O) groups is 2. The molecule has 3 aromatic rings. The molecule has 2 aliphatic heterocycles. The van der Waals surface area contributed by atoms with Crippen LogP contribution in [-0.2, 0) is 17.8 Å². The van der Waals surface area contributed by atoms with Gasteiger partial charge in [0.05, 0.1) is 12.2 Å². The second-order valence-electron chi connectivity index (χ2n) is 7.77. The molecule has 0 N–H and O–H groups in total. The molecule has 158 valence electrons. The number of fused-ring (bicyclic) bond motifs is 2. The Kier molecular flexibility index (Phi) is 5.02. The minimum absolute atomic E-state index is 0.110. The monoisotopic (exact) mass is 480 g/mol. The molecule has 2 aromatic carbocycles. The van der Waals surface area contributed by atoms with Crippen LogP contribution in [0.3, 0.4) is 0 Å². The maximum atomic E-state index is 13.3. The highest BCUT2D eigenvalue weighted by Crippen LogP contribution is 2.34. The number of rotatable bonds is 3. The van der Waals surface area contributed by atoms with Crippen molar-refractivity contribution in [3.05, 3.63) is 76.0 Å². The van der Waals surface area contributed by atoms with E-state index in [-0.39, 0.29) is 18.4 Å². The highest BCUT2D eigenvalue weighted by Gasteiger charge is 2.39. The zero-order valence-electron chi connectivity index (χ0n) is 17.0. The van der Waals surface area contributed by atoms with E-state index in [2.05, 4.69) is 21.0 Å². The van der Waals surface area contributed by atoms with Crippen LogP contribution in [0.4, 0.5) is 5.69 Å². The van der Waals surface area contributed by atoms with Gasteiger partial charge in [0.2, 0.25) is 0 Å². The van der Waals surface area contributed by atoms with Gasteiger partial charge in [-0.15, -0.1) is 0 Å². The van der Waals surface area contributed by atoms with Crippen LogP contribution < -0.4 is 9.64 Å². The largest absolute Gasteiger partial charge is 0.489 e. The Morgan fingerprint density at radius 3 is 2.77 bits per heavy atom. The van der Waals surface area contributed by atoms with Crippen LogP contribution in [0.2, 0.25) is 0 Å². The number of nitrogens with zero attached hydrogens (tertiary/aromatic N) is 4. The zero-order chi connectivity index (χ0) is 21.5. The van der Waals surface area contributed by atoms with Crippen LogP contribution in [0.15, 0.2) is 59.2 Å². The maximum Gasteiger partial charge on any atom is 0.275 e. The molecule has 0 saturated heterocycles. The number of aromatic nitrogens is 2. The lowest BCUT2D eigenvalue weighted by molar-refractivity contribution is -0.123. The molecule has 0 radical (unpaired) electrons. The molecule has 0 saturated carbocycles. The Morgan fingerprint density at radius 2 is 1.97 bits per heavy atom. The maximum absolute atomic E-state index is 13.3. The summed E-state index contributed by atoms with van der Waals surface area (Å²) >= 11 is 3.44. The average Bonchev–Trinajstić information content (AvgIpc) is 3.14. The van der Waals surface area contributed by atoms with Crippen LogP contribution in [0.1, 0.15) is 21.6 Å². The fourth-order valence-electron chi connectivity index (χ4n) is 4.14. The first kappa shape index (κ1) is 19.8. The quantitative estimate of drug-likeness (QED) is 0.577. The van der Waals surface area contributed by atoms with Gasteiger partial charge in [-0.1, -0.05) is 46.3 Å². The molecule has 0 aliphatic carbocycles. The van der Waals surface area contributed by atoms with Gasteiger partial charge in [-0.25, -0.2) is 0 Å². The number of ether oxygens (including phenoxy) is 1. The van der Waals surface area contributed by atoms with Gasteiger partial charge in [0.15, 0.2) is 5.69 Å². The molecule has 31 heavy (non-hydrogen) atoms. The molecule has 7 nitrogen and oxygen atoms in total. The van der Waals surface area contributed by atoms with Crippen molar-refractivity contribution < 1.29 is 14.3 Å². The van der Waals surface area contributed by atoms with Crippen LogP contribution in [0.25, 0.3) is 0 Å². The van der Waals surface area contributed by atoms with Gasteiger partial charge in [0.25, 0.3) is 11.8 Å². The van der Waals surface area contributed by atoms with Crippen molar-refractivity contribution in [1.29, 1.82) is 0 Å². The summed E-state index contributed by atoms with van der Waals surface area (Å²) in [4.78, 5) is 29.7. The van der Waals surface area contributed by atoms with E-state index in [9.17, 15) is 9.59 Å². The minimum atomic E-state index is -0.698. The molecule has 2 amide bonds. The number of amides is 2. The van der Waals surface area contributed by atoms with Crippen molar-refractivity contribution in [2.24, 2.45) is 0 Å². The van der Waals surface area contributed by atoms with E-state index in [1.807, 2.05) is 54.7 Å². The number of likely N-dealkylation sites (N-methyl/N-ethyl adjacent to an activating group) is 1. The fourth-order valence-corrected chi connectivity index (χ4v) is 4.48. The van der Waals surface area contributed by atoms with Crippen molar-refractivity contribution >= 4 is 33.4 Å². The number of hydrogen-bond acceptors (Lipinski definition) is 4. The molecule has 0 unspecified atom stereocenters. The summed E-state index contributed by atoms with van der Waals surface area (Å²) in [5, 5.41) is 4.54. The Morgan fingerprint density at radius 1 is 1.16 bits per heavy atom. The lowest BCUT2D eigenvalue weighted by atomic mass is 10.0. The molecule has 0 fully saturated rings. The summed E-state index contributed by atoms with van der Waals surface area (Å²) in [6.45, 7) is 1.16. The highest BCUT2D eigenvalue weighted by atomic mass is 79.9. The molecule has 8 heteroatoms. The van der Waals surface area contributed by atoms with E-state index in [1.165, 1.54) is 0 Å². The lowest BCUT2D eigenvalue weighted by Crippen LogP contribution is -2.54. The Labute approximate surface area is 188 Å². The van der Waals surface area contributed by atoms with Crippen molar-refractivity contribution in [3.63, 3.8) is 0 Å². The predicted molar refractivity (Wildman–Crippen MR) is 119 cm³/mol. The number of benzene rings is 2. The molecule has 1 atom stereocenters. The van der Waals surface area contributed by atoms with Crippen LogP contribution in [-0.4, -0.2) is 52.7 Å². The molecule has 0 bridgehead atoms. The highest BCUT2D eigenvalue weighted by molar-refractivity contribution is 9.10. The molecule has 3 heterocycles. The number of anilines is 1. The third-order valence-corrected chi connectivity index (χ3v) is 6.28. The van der Waals surface area contributed by atoms with E-state index in [0.717, 1.165) is 15.6 Å². The fraction of sp³-hybridized carbons (Fsp3) is 0.261. The SMILES string of the molecule is CN1C(=O)[C@@H](N2CCc3cn(Cc4ccccc4)nc3C2=O)COc2cc(Br)ccc21. The topological polar surface area (TPSA) is 67.7 Å². The first-order chi connectivity index (χ1) is 15.0. The van der Waals surface area contributed by atoms with E-state index < -0.39 is 6.04 Å². The molecular weight excluding hydrogens is 460 g/mol. The molecule has 2 aliphatic rings. The summed E-state index contributed by atoms with van der Waals surface area (Å²) in [5.74, 6) is 0.224. The van der Waals surface area contributed by atoms with Gasteiger partial charge >= 0.3 is 0 Å². The number of halogens is 1. The molecule has 0 spiro atoms. The molecule has 5 rings (SSSR count). The van der Waals surface area contributed by atoms with Crippen LogP contribution in [0.5, 0.6) is 5.75 Å². The Bertz CT molecular complexity index is 1160. The van der Waals surface area contributed by atoms with Crippen LogP contribution in [0, 0.1) is 0 Å². The smallest absolute Gasteiger partial charge is 0.275 e. The van der Waals surface area contributed by atoms with Crippen molar-refractivity contribution in [2.75, 3.05) is 25.1 Å². The summed E-state index contributed by atoms with van der Waals surface area (Å²) in [7, 11) is 1.71. The van der Waals surface area contributed by atoms with Crippen molar-refractivity contribution in [1.82, 2.24) is 14.7 Å². The van der Waals surface area contributed by atoms with Gasteiger partial charge < -0.3 is 14.5 Å². The van der Waals surface area contributed by atoms with Gasteiger partial charge in [-0.2, -0.15) is 5.10 Å². The molecule has 1 aromatic heterocycles. The van der Waals surface area contributed by atoms with E-state index in [0.29, 0.717) is 36.6 Å². The summed E-state index contributed by atoms with van der Waals surface area (Å²) in [5.41, 5.74) is 3.14. The van der Waals surface area contributed by atoms with Crippen LogP contribution >= 0.6 is 15.9 Å². The summed E-state index contributed by atoms with van der Waals surface area (Å²) in [6.07, 6.45) is 2.59. The van der Waals surface area contributed by atoms with E-state index in [1.54, 1.807) is 21.5 Å². The van der Waals surface area contributed by atoms with Gasteiger partial charge in [-0.05, 0) is 30.2 Å². The lowest BCUT2D eigenvalue weighted by Gasteiger charge is -2.33. The normalized spacial score (nSPS) is 18.3. The summed E-state index contributed by atoms with van der Waals surface area (Å²) in [6, 6.07) is 14.8. The Balaban J connectivity index is 1.39. The Hall–Kier alpha value is -3.13. The van der Waals surface area contributed by atoms with Crippen molar-refractivity contribution in [3.8, 4) is 5.75 Å². The van der Waals surface area contributed by atoms with E-state index >= 15 is 0 Å². The predicted octanol–water partition coefficient (Wildman–Crippen LogP) is 3.12. The van der Waals surface area contributed by atoms with Gasteiger partial charge in [-0.3, -0.25) is 14.3 Å². The van der Waals surface area contributed by atoms with Crippen molar-refractivity contribution in [2.45, 2.75) is 19.0 Å². The standard InChI is InChI=1S/C23H21BrN4O3/c1-26-18-8-7-17(24)11-20(18)31-14-19(22(26)29)28-10-9-16-13-27(25-21(16)23(28)30)12-15-5-3-2-4-6-15/h2-8,11,13,19H,9-10,12,14H2,1H3/t19-/m0/s1. The molecular formula is C23H21BrN4O3. The number of carbonyl (C=O) groups excluding carboxylic acids is 2. The van der Waals surface area contributed by atoms with Gasteiger partial charge in [0.1, 0.15) is 18.4 Å². The average molecular weight is 481 g/mol. The summed E-state index contributed by atoms with van der Waals surface area (Å²) < 4.78 is 8.61. The zero-order valence-corrected chi connectivity index (χ0v) is 18.6. The first-order valence-electron chi connectivity index (χ1n) is 10.1. The minimum Gasteiger partial charge on any atom is -0.489 e. The first-order valence-corrected chi connectivity index (χ1v) is 10.9. The van der Waals surface area contributed by atoms with E-state index in [4.69, 9.17) is 4.74 Å². The second-order valence-corrected chi connectivity index (χ2v) is 8.69. The van der Waals surface area contributed by atoms with Gasteiger partial charge in [0, 0.05) is 29.8 Å².